The zero-order valence-corrected chi connectivity index (χ0v) is 8.71. The van der Waals surface area contributed by atoms with Crippen molar-refractivity contribution in [2.45, 2.75) is 32.1 Å². The van der Waals surface area contributed by atoms with E-state index in [-0.39, 0.29) is 0 Å². The Balaban J connectivity index is 1.91. The smallest absolute Gasteiger partial charge is 0.00367 e. The zero-order chi connectivity index (χ0) is 9.80. The van der Waals surface area contributed by atoms with Crippen molar-refractivity contribution in [1.29, 1.82) is 0 Å². The molecule has 1 aromatic carbocycles. The van der Waals surface area contributed by atoms with Gasteiger partial charge >= 0.3 is 0 Å². The molecule has 0 bridgehead atoms. The van der Waals surface area contributed by atoms with Crippen molar-refractivity contribution in [2.24, 2.45) is 11.7 Å². The Bertz CT molecular complexity index is 272. The second-order valence-corrected chi connectivity index (χ2v) is 4.36. The maximum Gasteiger partial charge on any atom is -0.00367 e. The van der Waals surface area contributed by atoms with Gasteiger partial charge in [-0.3, -0.25) is 0 Å². The van der Waals surface area contributed by atoms with Crippen LogP contribution in [0.2, 0.25) is 0 Å². The van der Waals surface area contributed by atoms with Crippen molar-refractivity contribution in [3.63, 3.8) is 0 Å². The van der Waals surface area contributed by atoms with Gasteiger partial charge in [-0.25, -0.2) is 0 Å². The molecule has 0 aromatic heterocycles. The standard InChI is InChI=1S/C13H19N/c14-9-8-11-4-6-13(7-5-11)10-12-2-1-3-12/h4-7,12H,1-3,8-10,14H2. The van der Waals surface area contributed by atoms with E-state index >= 15 is 0 Å². The molecule has 0 heterocycles. The van der Waals surface area contributed by atoms with Gasteiger partial charge in [-0.2, -0.15) is 0 Å². The molecule has 0 unspecified atom stereocenters. The highest BCUT2D eigenvalue weighted by Crippen LogP contribution is 2.29. The molecule has 0 amide bonds. The highest BCUT2D eigenvalue weighted by atomic mass is 14.5. The molecular weight excluding hydrogens is 170 g/mol. The molecule has 1 aromatic rings. The molecule has 0 saturated heterocycles. The first-order valence-corrected chi connectivity index (χ1v) is 5.66. The molecule has 0 aliphatic heterocycles. The van der Waals surface area contributed by atoms with Crippen LogP contribution in [-0.2, 0) is 12.8 Å². The fraction of sp³-hybridized carbons (Fsp3) is 0.538. The van der Waals surface area contributed by atoms with Crippen molar-refractivity contribution in [3.8, 4) is 0 Å². The fourth-order valence-corrected chi connectivity index (χ4v) is 2.04. The van der Waals surface area contributed by atoms with E-state index in [1.807, 2.05) is 0 Å². The maximum atomic E-state index is 5.51. The summed E-state index contributed by atoms with van der Waals surface area (Å²) in [5.41, 5.74) is 8.37. The minimum Gasteiger partial charge on any atom is -0.330 e. The first-order valence-electron chi connectivity index (χ1n) is 5.66. The van der Waals surface area contributed by atoms with Crippen molar-refractivity contribution in [3.05, 3.63) is 35.4 Å². The van der Waals surface area contributed by atoms with E-state index in [0.29, 0.717) is 0 Å². The summed E-state index contributed by atoms with van der Waals surface area (Å²) in [7, 11) is 0. The van der Waals surface area contributed by atoms with E-state index < -0.39 is 0 Å². The third-order valence-electron chi connectivity index (χ3n) is 3.21. The molecule has 1 heteroatoms. The van der Waals surface area contributed by atoms with Crippen LogP contribution >= 0.6 is 0 Å². The second kappa shape index (κ2) is 4.61. The highest BCUT2D eigenvalue weighted by molar-refractivity contribution is 5.23. The molecule has 2 N–H and O–H groups in total. The molecule has 14 heavy (non-hydrogen) atoms. The lowest BCUT2D eigenvalue weighted by Gasteiger charge is -2.25. The van der Waals surface area contributed by atoms with Gasteiger partial charge in [0, 0.05) is 0 Å². The van der Waals surface area contributed by atoms with Crippen LogP contribution in [-0.4, -0.2) is 6.54 Å². The predicted octanol–water partition coefficient (Wildman–Crippen LogP) is 2.53. The Morgan fingerprint density at radius 3 is 2.21 bits per heavy atom. The molecule has 1 fully saturated rings. The van der Waals surface area contributed by atoms with E-state index in [4.69, 9.17) is 5.73 Å². The van der Waals surface area contributed by atoms with Crippen molar-refractivity contribution in [2.75, 3.05) is 6.54 Å². The number of hydrogen-bond donors (Lipinski definition) is 1. The van der Waals surface area contributed by atoms with Crippen LogP contribution in [0.5, 0.6) is 0 Å². The van der Waals surface area contributed by atoms with E-state index in [9.17, 15) is 0 Å². The Hall–Kier alpha value is -0.820. The topological polar surface area (TPSA) is 26.0 Å². The molecular formula is C13H19N. The van der Waals surface area contributed by atoms with Crippen LogP contribution in [0.4, 0.5) is 0 Å². The van der Waals surface area contributed by atoms with Crippen LogP contribution in [0, 0.1) is 5.92 Å². The molecule has 1 aliphatic rings. The van der Waals surface area contributed by atoms with Crippen LogP contribution in [0.3, 0.4) is 0 Å². The number of benzene rings is 1. The van der Waals surface area contributed by atoms with Gasteiger partial charge < -0.3 is 5.73 Å². The van der Waals surface area contributed by atoms with Gasteiger partial charge in [0.05, 0.1) is 0 Å². The maximum absolute atomic E-state index is 5.51. The Morgan fingerprint density at radius 1 is 1.07 bits per heavy atom. The van der Waals surface area contributed by atoms with Crippen LogP contribution in [0.25, 0.3) is 0 Å². The molecule has 1 saturated carbocycles. The Labute approximate surface area is 86.3 Å². The van der Waals surface area contributed by atoms with Crippen molar-refractivity contribution < 1.29 is 0 Å². The second-order valence-electron chi connectivity index (χ2n) is 4.36. The van der Waals surface area contributed by atoms with Gasteiger partial charge in [0.1, 0.15) is 0 Å². The average Bonchev–Trinajstić information content (AvgIpc) is 2.14. The summed E-state index contributed by atoms with van der Waals surface area (Å²) in [6.07, 6.45) is 6.59. The lowest BCUT2D eigenvalue weighted by Crippen LogP contribution is -2.13. The summed E-state index contributed by atoms with van der Waals surface area (Å²) >= 11 is 0. The van der Waals surface area contributed by atoms with Crippen LogP contribution < -0.4 is 5.73 Å². The first-order chi connectivity index (χ1) is 6.88. The van der Waals surface area contributed by atoms with Gasteiger partial charge in [0.15, 0.2) is 0 Å². The summed E-state index contributed by atoms with van der Waals surface area (Å²) in [6, 6.07) is 8.98. The quantitative estimate of drug-likeness (QED) is 0.774. The van der Waals surface area contributed by atoms with Gasteiger partial charge in [0.2, 0.25) is 0 Å². The fourth-order valence-electron chi connectivity index (χ4n) is 2.04. The summed E-state index contributed by atoms with van der Waals surface area (Å²) in [6.45, 7) is 0.752. The zero-order valence-electron chi connectivity index (χ0n) is 8.71. The molecule has 76 valence electrons. The van der Waals surface area contributed by atoms with Gasteiger partial charge in [-0.05, 0) is 36.4 Å². The van der Waals surface area contributed by atoms with Crippen molar-refractivity contribution >= 4 is 0 Å². The number of hydrogen-bond acceptors (Lipinski definition) is 1. The normalized spacial score (nSPS) is 16.6. The number of nitrogens with two attached hydrogens (primary N) is 1. The highest BCUT2D eigenvalue weighted by Gasteiger charge is 2.17. The van der Waals surface area contributed by atoms with Crippen LogP contribution in [0.1, 0.15) is 30.4 Å². The average molecular weight is 189 g/mol. The lowest BCUT2D eigenvalue weighted by molar-refractivity contribution is 0.314. The molecule has 0 radical (unpaired) electrons. The third-order valence-corrected chi connectivity index (χ3v) is 3.21. The van der Waals surface area contributed by atoms with E-state index in [0.717, 1.165) is 18.9 Å². The van der Waals surface area contributed by atoms with Crippen molar-refractivity contribution in [1.82, 2.24) is 0 Å². The SMILES string of the molecule is NCCc1ccc(CC2CCC2)cc1. The number of rotatable bonds is 4. The molecule has 0 spiro atoms. The molecule has 2 rings (SSSR count). The van der Waals surface area contributed by atoms with E-state index in [1.165, 1.54) is 36.8 Å². The molecule has 1 nitrogen and oxygen atoms in total. The van der Waals surface area contributed by atoms with Gasteiger partial charge in [-0.1, -0.05) is 43.5 Å². The van der Waals surface area contributed by atoms with E-state index in [2.05, 4.69) is 24.3 Å². The van der Waals surface area contributed by atoms with Gasteiger partial charge in [-0.15, -0.1) is 0 Å². The summed E-state index contributed by atoms with van der Waals surface area (Å²) in [4.78, 5) is 0. The molecule has 0 atom stereocenters. The lowest BCUT2D eigenvalue weighted by atomic mass is 9.81. The predicted molar refractivity (Wildman–Crippen MR) is 60.2 cm³/mol. The first kappa shape index (κ1) is 9.72. The summed E-state index contributed by atoms with van der Waals surface area (Å²) < 4.78 is 0. The third kappa shape index (κ3) is 2.36. The monoisotopic (exact) mass is 189 g/mol. The molecule has 1 aliphatic carbocycles. The van der Waals surface area contributed by atoms with Gasteiger partial charge in [0.25, 0.3) is 0 Å². The van der Waals surface area contributed by atoms with E-state index in [1.54, 1.807) is 0 Å². The summed E-state index contributed by atoms with van der Waals surface area (Å²) in [5.74, 6) is 0.968. The Morgan fingerprint density at radius 2 is 1.71 bits per heavy atom. The Kier molecular flexibility index (Phi) is 3.20. The minimum absolute atomic E-state index is 0.752. The largest absolute Gasteiger partial charge is 0.330 e. The summed E-state index contributed by atoms with van der Waals surface area (Å²) in [5, 5.41) is 0. The van der Waals surface area contributed by atoms with Crippen LogP contribution in [0.15, 0.2) is 24.3 Å². The minimum atomic E-state index is 0.752.